The summed E-state index contributed by atoms with van der Waals surface area (Å²) in [5.74, 6) is 0.290. The second kappa shape index (κ2) is 10.5. The maximum absolute atomic E-state index is 14.6. The van der Waals surface area contributed by atoms with E-state index in [9.17, 15) is 9.18 Å². The van der Waals surface area contributed by atoms with Gasteiger partial charge >= 0.3 is 0 Å². The quantitative estimate of drug-likeness (QED) is 0.550. The molecule has 1 N–H and O–H groups in total. The first-order valence-electron chi connectivity index (χ1n) is 9.81. The van der Waals surface area contributed by atoms with Crippen LogP contribution in [0, 0.1) is 5.82 Å². The minimum Gasteiger partial charge on any atom is -0.369 e. The number of thioether (sulfide) groups is 1. The molecule has 0 bridgehead atoms. The fraction of sp³-hybridized carbons (Fsp3) is 0.409. The number of hydrogen-bond donors (Lipinski definition) is 1. The Hall–Kier alpha value is -1.57. The lowest BCUT2D eigenvalue weighted by Gasteiger charge is -2.36. The van der Waals surface area contributed by atoms with E-state index in [2.05, 4.69) is 45.1 Å². The van der Waals surface area contributed by atoms with Crippen LogP contribution in [0.15, 0.2) is 51.8 Å². The van der Waals surface area contributed by atoms with E-state index in [1.54, 1.807) is 23.9 Å². The molecule has 1 fully saturated rings. The molecule has 1 heterocycles. The molecule has 7 heteroatoms. The molecular formula is C22H27BrFN3OS. The van der Waals surface area contributed by atoms with Gasteiger partial charge in [0, 0.05) is 46.4 Å². The van der Waals surface area contributed by atoms with Gasteiger partial charge < -0.3 is 15.1 Å². The topological polar surface area (TPSA) is 35.6 Å². The van der Waals surface area contributed by atoms with Crippen LogP contribution in [0.1, 0.15) is 19.3 Å². The van der Waals surface area contributed by atoms with Crippen LogP contribution in [0.5, 0.6) is 0 Å². The van der Waals surface area contributed by atoms with Gasteiger partial charge in [-0.1, -0.05) is 15.9 Å². The number of benzene rings is 2. The van der Waals surface area contributed by atoms with Gasteiger partial charge in [0.25, 0.3) is 0 Å². The highest BCUT2D eigenvalue weighted by atomic mass is 79.9. The largest absolute Gasteiger partial charge is 0.369 e. The normalized spacial score (nSPS) is 15.0. The molecule has 2 aromatic rings. The average molecular weight is 480 g/mol. The van der Waals surface area contributed by atoms with Crippen molar-refractivity contribution < 1.29 is 9.18 Å². The second-order valence-corrected chi connectivity index (χ2v) is 9.53. The first-order chi connectivity index (χ1) is 13.9. The van der Waals surface area contributed by atoms with Crippen molar-refractivity contribution in [2.75, 3.05) is 43.2 Å². The van der Waals surface area contributed by atoms with E-state index in [1.807, 2.05) is 24.3 Å². The number of carbonyl (C=O) groups is 1. The number of amides is 1. The molecule has 156 valence electrons. The van der Waals surface area contributed by atoms with Crippen LogP contribution >= 0.6 is 27.7 Å². The monoisotopic (exact) mass is 479 g/mol. The Kier molecular flexibility index (Phi) is 7.98. The van der Waals surface area contributed by atoms with Crippen LogP contribution < -0.4 is 10.2 Å². The Bertz CT molecular complexity index is 823. The van der Waals surface area contributed by atoms with Gasteiger partial charge in [-0.3, -0.25) is 4.79 Å². The van der Waals surface area contributed by atoms with Crippen LogP contribution in [0.3, 0.4) is 0 Å². The van der Waals surface area contributed by atoms with Crippen molar-refractivity contribution >= 4 is 45.0 Å². The summed E-state index contributed by atoms with van der Waals surface area (Å²) >= 11 is 5.04. The van der Waals surface area contributed by atoms with Crippen molar-refractivity contribution in [1.29, 1.82) is 0 Å². The van der Waals surface area contributed by atoms with Crippen molar-refractivity contribution in [3.63, 3.8) is 0 Å². The number of nitrogens with one attached hydrogen (secondary N) is 1. The average Bonchev–Trinajstić information content (AvgIpc) is 2.70. The first kappa shape index (κ1) is 22.1. The Balaban J connectivity index is 1.48. The number of anilines is 2. The third-order valence-corrected chi connectivity index (χ3v) is 6.72. The molecule has 0 aliphatic carbocycles. The van der Waals surface area contributed by atoms with Crippen LogP contribution in [0.2, 0.25) is 0 Å². The van der Waals surface area contributed by atoms with Crippen molar-refractivity contribution in [3.8, 4) is 0 Å². The highest BCUT2D eigenvalue weighted by Crippen LogP contribution is 2.27. The van der Waals surface area contributed by atoms with Gasteiger partial charge in [-0.2, -0.15) is 0 Å². The summed E-state index contributed by atoms with van der Waals surface area (Å²) < 4.78 is 15.7. The molecule has 2 aromatic carbocycles. The second-order valence-electron chi connectivity index (χ2n) is 7.45. The third-order valence-electron chi connectivity index (χ3n) is 5.18. The molecule has 1 amide bonds. The van der Waals surface area contributed by atoms with Crippen LogP contribution in [0.25, 0.3) is 0 Å². The van der Waals surface area contributed by atoms with Crippen molar-refractivity contribution in [1.82, 2.24) is 4.90 Å². The van der Waals surface area contributed by atoms with Gasteiger partial charge in [0.2, 0.25) is 5.91 Å². The van der Waals surface area contributed by atoms with Crippen LogP contribution in [-0.2, 0) is 4.79 Å². The predicted octanol–water partition coefficient (Wildman–Crippen LogP) is 5.24. The lowest BCUT2D eigenvalue weighted by Crippen LogP contribution is -2.42. The zero-order valence-electron chi connectivity index (χ0n) is 16.8. The highest BCUT2D eigenvalue weighted by molar-refractivity contribution is 9.10. The number of piperidine rings is 1. The number of carbonyl (C=O) groups excluding carboxylic acids is 1. The summed E-state index contributed by atoms with van der Waals surface area (Å²) in [6.45, 7) is 1.69. The van der Waals surface area contributed by atoms with Crippen LogP contribution in [-0.4, -0.2) is 49.8 Å². The van der Waals surface area contributed by atoms with E-state index in [-0.39, 0.29) is 11.7 Å². The van der Waals surface area contributed by atoms with E-state index in [4.69, 9.17) is 0 Å². The lowest BCUT2D eigenvalue weighted by atomic mass is 10.0. The standard InChI is InChI=1S/C22H27BrFN3OS/c1-26(2)18-9-12-27(13-10-18)21-8-5-17(15-20(21)24)25-22(28)11-14-29-19-6-3-16(23)4-7-19/h3-8,15,18H,9-14H2,1-2H3,(H,25,28). The number of hydrogen-bond acceptors (Lipinski definition) is 4. The van der Waals surface area contributed by atoms with Crippen molar-refractivity contribution in [3.05, 3.63) is 52.8 Å². The Labute approximate surface area is 185 Å². The Morgan fingerprint density at radius 1 is 1.21 bits per heavy atom. The molecule has 0 unspecified atom stereocenters. The van der Waals surface area contributed by atoms with E-state index in [0.717, 1.165) is 35.3 Å². The van der Waals surface area contributed by atoms with Gasteiger partial charge in [0.1, 0.15) is 5.82 Å². The molecule has 0 spiro atoms. The van der Waals surface area contributed by atoms with Gasteiger partial charge in [-0.25, -0.2) is 4.39 Å². The lowest BCUT2D eigenvalue weighted by molar-refractivity contribution is -0.115. The van der Waals surface area contributed by atoms with E-state index in [0.29, 0.717) is 29.6 Å². The fourth-order valence-corrected chi connectivity index (χ4v) is 4.60. The molecular weight excluding hydrogens is 453 g/mol. The fourth-order valence-electron chi connectivity index (χ4n) is 3.48. The summed E-state index contributed by atoms with van der Waals surface area (Å²) in [6.07, 6.45) is 2.43. The molecule has 0 aromatic heterocycles. The Morgan fingerprint density at radius 2 is 1.90 bits per heavy atom. The van der Waals surface area contributed by atoms with Crippen molar-refractivity contribution in [2.24, 2.45) is 0 Å². The third kappa shape index (κ3) is 6.46. The zero-order valence-corrected chi connectivity index (χ0v) is 19.2. The maximum atomic E-state index is 14.6. The molecule has 0 radical (unpaired) electrons. The van der Waals surface area contributed by atoms with Gasteiger partial charge in [0.15, 0.2) is 0 Å². The predicted molar refractivity (Wildman–Crippen MR) is 123 cm³/mol. The molecule has 3 rings (SSSR count). The van der Waals surface area contributed by atoms with E-state index < -0.39 is 0 Å². The number of halogens is 2. The summed E-state index contributed by atoms with van der Waals surface area (Å²) in [5.41, 5.74) is 1.12. The zero-order chi connectivity index (χ0) is 20.8. The molecule has 1 aliphatic rings. The van der Waals surface area contributed by atoms with E-state index >= 15 is 0 Å². The Morgan fingerprint density at radius 3 is 2.52 bits per heavy atom. The highest BCUT2D eigenvalue weighted by Gasteiger charge is 2.22. The number of rotatable bonds is 7. The van der Waals surface area contributed by atoms with Crippen molar-refractivity contribution in [2.45, 2.75) is 30.2 Å². The minimum atomic E-state index is -0.282. The maximum Gasteiger partial charge on any atom is 0.225 e. The summed E-state index contributed by atoms with van der Waals surface area (Å²) in [4.78, 5) is 17.6. The minimum absolute atomic E-state index is 0.103. The van der Waals surface area contributed by atoms with Gasteiger partial charge in [-0.05, 0) is 69.4 Å². The van der Waals surface area contributed by atoms with Crippen LogP contribution in [0.4, 0.5) is 15.8 Å². The summed E-state index contributed by atoms with van der Waals surface area (Å²) in [7, 11) is 4.19. The summed E-state index contributed by atoms with van der Waals surface area (Å²) in [6, 6.07) is 13.5. The van der Waals surface area contributed by atoms with Gasteiger partial charge in [-0.15, -0.1) is 11.8 Å². The number of nitrogens with zero attached hydrogens (tertiary/aromatic N) is 2. The molecule has 0 saturated carbocycles. The first-order valence-corrected chi connectivity index (χ1v) is 11.6. The molecule has 1 aliphatic heterocycles. The molecule has 4 nitrogen and oxygen atoms in total. The smallest absolute Gasteiger partial charge is 0.225 e. The molecule has 1 saturated heterocycles. The van der Waals surface area contributed by atoms with E-state index in [1.165, 1.54) is 6.07 Å². The van der Waals surface area contributed by atoms with Gasteiger partial charge in [0.05, 0.1) is 5.69 Å². The summed E-state index contributed by atoms with van der Waals surface area (Å²) in [5, 5.41) is 2.81. The molecule has 29 heavy (non-hydrogen) atoms. The SMILES string of the molecule is CN(C)C1CCN(c2ccc(NC(=O)CCSc3ccc(Br)cc3)cc2F)CC1. The molecule has 0 atom stereocenters.